The Morgan fingerprint density at radius 1 is 1.17 bits per heavy atom. The van der Waals surface area contributed by atoms with Crippen LogP contribution in [-0.2, 0) is 0 Å². The number of nitrogens with one attached hydrogen (secondary N) is 1. The zero-order chi connectivity index (χ0) is 16.7. The predicted molar refractivity (Wildman–Crippen MR) is 99.3 cm³/mol. The molecule has 124 valence electrons. The van der Waals surface area contributed by atoms with Gasteiger partial charge >= 0.3 is 0 Å². The lowest BCUT2D eigenvalue weighted by atomic mass is 10.2. The van der Waals surface area contributed by atoms with Gasteiger partial charge in [0.2, 0.25) is 0 Å². The molecule has 0 amide bonds. The fraction of sp³-hybridized carbons (Fsp3) is 0.294. The third-order valence-electron chi connectivity index (χ3n) is 3.85. The number of hydrogen-bond acceptors (Lipinski definition) is 6. The lowest BCUT2D eigenvalue weighted by Crippen LogP contribution is -2.15. The van der Waals surface area contributed by atoms with E-state index in [1.165, 1.54) is 4.88 Å². The highest BCUT2D eigenvalue weighted by Crippen LogP contribution is 2.37. The van der Waals surface area contributed by atoms with Crippen LogP contribution in [0.1, 0.15) is 23.7 Å². The van der Waals surface area contributed by atoms with Gasteiger partial charge < -0.3 is 14.8 Å². The molecule has 2 aromatic heterocycles. The molecule has 1 N–H and O–H groups in total. The predicted octanol–water partition coefficient (Wildman–Crippen LogP) is 4.71. The summed E-state index contributed by atoms with van der Waals surface area (Å²) in [5.41, 5.74) is 0.855. The zero-order valence-electron chi connectivity index (χ0n) is 13.3. The van der Waals surface area contributed by atoms with Gasteiger partial charge in [-0.2, -0.15) is 0 Å². The van der Waals surface area contributed by atoms with E-state index < -0.39 is 0 Å². The maximum atomic E-state index is 5.70. The smallest absolute Gasteiger partial charge is 0.163 e. The van der Waals surface area contributed by atoms with Gasteiger partial charge in [0.25, 0.3) is 0 Å². The Morgan fingerprint density at radius 3 is 2.62 bits per heavy atom. The molecule has 0 radical (unpaired) electrons. The van der Waals surface area contributed by atoms with E-state index in [-0.39, 0.29) is 6.04 Å². The topological polar surface area (TPSA) is 56.3 Å². The molecule has 0 saturated heterocycles. The number of nitrogens with zero attached hydrogens (tertiary/aromatic N) is 2. The van der Waals surface area contributed by atoms with Gasteiger partial charge in [0.1, 0.15) is 24.9 Å². The molecule has 3 aromatic rings. The Labute approximate surface area is 152 Å². The number of aromatic nitrogens is 2. The summed E-state index contributed by atoms with van der Waals surface area (Å²) in [4.78, 5) is 10.4. The number of fused-ring (bicyclic) bond motifs is 2. The third-order valence-corrected chi connectivity index (χ3v) is 5.65. The van der Waals surface area contributed by atoms with Crippen molar-refractivity contribution in [1.29, 1.82) is 0 Å². The molecule has 0 spiro atoms. The number of benzene rings is 1. The lowest BCUT2D eigenvalue weighted by Gasteiger charge is -2.20. The Kier molecular flexibility index (Phi) is 4.05. The van der Waals surface area contributed by atoms with Gasteiger partial charge in [-0.1, -0.05) is 0 Å². The maximum absolute atomic E-state index is 5.70. The maximum Gasteiger partial charge on any atom is 0.163 e. The molecule has 4 rings (SSSR count). The van der Waals surface area contributed by atoms with Gasteiger partial charge in [0, 0.05) is 16.3 Å². The fourth-order valence-electron chi connectivity index (χ4n) is 2.73. The SMILES string of the molecule is Cc1nc(N[C@H](C)c2ccc(Br)s2)c2cc3c(cc2n1)OCCO3. The summed E-state index contributed by atoms with van der Waals surface area (Å²) in [7, 11) is 0. The van der Waals surface area contributed by atoms with Gasteiger partial charge in [-0.3, -0.25) is 0 Å². The van der Waals surface area contributed by atoms with E-state index in [1.807, 2.05) is 19.1 Å². The van der Waals surface area contributed by atoms with Crippen LogP contribution < -0.4 is 14.8 Å². The third kappa shape index (κ3) is 2.93. The molecule has 0 bridgehead atoms. The first-order valence-electron chi connectivity index (χ1n) is 7.70. The molecule has 1 atom stereocenters. The van der Waals surface area contributed by atoms with Crippen molar-refractivity contribution in [3.8, 4) is 11.5 Å². The van der Waals surface area contributed by atoms with Gasteiger partial charge in [-0.05, 0) is 48.0 Å². The molecule has 1 aliphatic heterocycles. The van der Waals surface area contributed by atoms with Crippen molar-refractivity contribution in [2.75, 3.05) is 18.5 Å². The number of hydrogen-bond donors (Lipinski definition) is 1. The van der Waals surface area contributed by atoms with Crippen molar-refractivity contribution in [2.24, 2.45) is 0 Å². The van der Waals surface area contributed by atoms with Crippen molar-refractivity contribution in [3.63, 3.8) is 0 Å². The molecule has 1 aromatic carbocycles. The lowest BCUT2D eigenvalue weighted by molar-refractivity contribution is 0.172. The first-order valence-corrected chi connectivity index (χ1v) is 9.31. The van der Waals surface area contributed by atoms with Crippen molar-refractivity contribution in [2.45, 2.75) is 19.9 Å². The van der Waals surface area contributed by atoms with Crippen molar-refractivity contribution >= 4 is 44.0 Å². The van der Waals surface area contributed by atoms with E-state index in [2.05, 4.69) is 50.3 Å². The van der Waals surface area contributed by atoms with E-state index in [9.17, 15) is 0 Å². The summed E-state index contributed by atoms with van der Waals surface area (Å²) in [6, 6.07) is 8.20. The zero-order valence-corrected chi connectivity index (χ0v) is 15.7. The molecule has 3 heterocycles. The molecule has 7 heteroatoms. The highest BCUT2D eigenvalue weighted by Gasteiger charge is 2.17. The van der Waals surface area contributed by atoms with Crippen molar-refractivity contribution in [1.82, 2.24) is 9.97 Å². The van der Waals surface area contributed by atoms with Gasteiger partial charge in [0.15, 0.2) is 11.5 Å². The number of halogens is 1. The van der Waals surface area contributed by atoms with Crippen LogP contribution in [0.15, 0.2) is 28.1 Å². The monoisotopic (exact) mass is 405 g/mol. The molecule has 0 aliphatic carbocycles. The number of rotatable bonds is 3. The summed E-state index contributed by atoms with van der Waals surface area (Å²) >= 11 is 5.23. The average molecular weight is 406 g/mol. The highest BCUT2D eigenvalue weighted by molar-refractivity contribution is 9.11. The van der Waals surface area contributed by atoms with E-state index in [0.29, 0.717) is 13.2 Å². The molecular formula is C17H16BrN3O2S. The normalized spacial score (nSPS) is 14.6. The second-order valence-corrected chi connectivity index (χ2v) is 8.13. The standard InChI is InChI=1S/C17H16BrN3O2S/c1-9(15-3-4-16(18)24-15)19-17-11-7-13-14(23-6-5-22-13)8-12(11)20-10(2)21-17/h3-4,7-9H,5-6H2,1-2H3,(H,19,20,21)/t9-/m1/s1. The first-order chi connectivity index (χ1) is 11.6. The largest absolute Gasteiger partial charge is 0.486 e. The minimum absolute atomic E-state index is 0.145. The molecule has 0 unspecified atom stereocenters. The van der Waals surface area contributed by atoms with Gasteiger partial charge in [-0.25, -0.2) is 9.97 Å². The van der Waals surface area contributed by atoms with E-state index in [0.717, 1.165) is 37.8 Å². The van der Waals surface area contributed by atoms with Crippen LogP contribution in [0, 0.1) is 6.92 Å². The van der Waals surface area contributed by atoms with Crippen LogP contribution in [0.4, 0.5) is 5.82 Å². The number of thiophene rings is 1. The van der Waals surface area contributed by atoms with Gasteiger partial charge in [-0.15, -0.1) is 11.3 Å². The van der Waals surface area contributed by atoms with Crippen molar-refractivity contribution < 1.29 is 9.47 Å². The number of aryl methyl sites for hydroxylation is 1. The minimum Gasteiger partial charge on any atom is -0.486 e. The van der Waals surface area contributed by atoms with E-state index >= 15 is 0 Å². The molecule has 24 heavy (non-hydrogen) atoms. The molecule has 1 aliphatic rings. The summed E-state index contributed by atoms with van der Waals surface area (Å²) in [6.45, 7) is 5.15. The first kappa shape index (κ1) is 15.7. The quantitative estimate of drug-likeness (QED) is 0.683. The number of ether oxygens (including phenoxy) is 2. The molecule has 0 saturated carbocycles. The van der Waals surface area contributed by atoms with Crippen LogP contribution in [0.25, 0.3) is 10.9 Å². The second kappa shape index (κ2) is 6.22. The molecule has 5 nitrogen and oxygen atoms in total. The number of anilines is 1. The van der Waals surface area contributed by atoms with Crippen molar-refractivity contribution in [3.05, 3.63) is 38.8 Å². The minimum atomic E-state index is 0.145. The Morgan fingerprint density at radius 2 is 1.92 bits per heavy atom. The Balaban J connectivity index is 1.76. The van der Waals surface area contributed by atoms with Gasteiger partial charge in [0.05, 0.1) is 15.3 Å². The Hall–Kier alpha value is -1.86. The Bertz CT molecular complexity index is 912. The van der Waals surface area contributed by atoms with Crippen LogP contribution in [0.2, 0.25) is 0 Å². The summed E-state index contributed by atoms with van der Waals surface area (Å²) in [5, 5.41) is 4.44. The van der Waals surface area contributed by atoms with Crippen LogP contribution in [-0.4, -0.2) is 23.2 Å². The van der Waals surface area contributed by atoms with E-state index in [4.69, 9.17) is 9.47 Å². The second-order valence-electron chi connectivity index (χ2n) is 5.64. The summed E-state index contributed by atoms with van der Waals surface area (Å²) in [6.07, 6.45) is 0. The summed E-state index contributed by atoms with van der Waals surface area (Å²) < 4.78 is 12.5. The van der Waals surface area contributed by atoms with Crippen LogP contribution >= 0.6 is 27.3 Å². The summed E-state index contributed by atoms with van der Waals surface area (Å²) in [5.74, 6) is 3.02. The fourth-order valence-corrected chi connectivity index (χ4v) is 4.15. The average Bonchev–Trinajstić information content (AvgIpc) is 3.00. The van der Waals surface area contributed by atoms with Crippen LogP contribution in [0.5, 0.6) is 11.5 Å². The van der Waals surface area contributed by atoms with E-state index in [1.54, 1.807) is 11.3 Å². The molecular weight excluding hydrogens is 390 g/mol. The van der Waals surface area contributed by atoms with Crippen LogP contribution in [0.3, 0.4) is 0 Å². The molecule has 0 fully saturated rings. The highest BCUT2D eigenvalue weighted by atomic mass is 79.9.